The molecular weight excluding hydrogens is 222 g/mol. The van der Waals surface area contributed by atoms with Gasteiger partial charge in [-0.3, -0.25) is 0 Å². The Hall–Kier alpha value is -1.02. The molecule has 1 saturated carbocycles. The summed E-state index contributed by atoms with van der Waals surface area (Å²) in [6, 6.07) is 7.03. The minimum absolute atomic E-state index is 0.256. The number of rotatable bonds is 4. The monoisotopic (exact) mass is 247 g/mol. The minimum Gasteiger partial charge on any atom is -0.490 e. The topological polar surface area (TPSA) is 21.3 Å². The average molecular weight is 247 g/mol. The molecule has 2 nitrogen and oxygen atoms in total. The molecule has 2 rings (SSSR count). The van der Waals surface area contributed by atoms with E-state index in [2.05, 4.69) is 51.2 Å². The molecule has 1 aromatic rings. The van der Waals surface area contributed by atoms with Crippen LogP contribution in [0.15, 0.2) is 18.2 Å². The molecule has 3 atom stereocenters. The van der Waals surface area contributed by atoms with Gasteiger partial charge in [0.25, 0.3) is 0 Å². The average Bonchev–Trinajstić information content (AvgIpc) is 2.31. The molecule has 0 spiro atoms. The Balaban J connectivity index is 2.11. The van der Waals surface area contributed by atoms with Crippen molar-refractivity contribution in [3.8, 4) is 5.75 Å². The van der Waals surface area contributed by atoms with Gasteiger partial charge in [0.05, 0.1) is 0 Å². The molecule has 3 unspecified atom stereocenters. The van der Waals surface area contributed by atoms with Crippen molar-refractivity contribution in [3.63, 3.8) is 0 Å². The summed E-state index contributed by atoms with van der Waals surface area (Å²) in [6.45, 7) is 8.82. The standard InChI is InChI=1S/C16H25NO/c1-6-16(4)14(17-5)10-15(16)18-13-8-11(2)7-12(3)9-13/h7-9,14-15,17H,6,10H2,1-5H3. The maximum atomic E-state index is 6.21. The highest BCUT2D eigenvalue weighted by molar-refractivity contribution is 5.33. The molecule has 1 aliphatic rings. The first-order valence-electron chi connectivity index (χ1n) is 6.92. The first kappa shape index (κ1) is 13.4. The molecule has 2 heteroatoms. The van der Waals surface area contributed by atoms with Crippen LogP contribution in [-0.2, 0) is 0 Å². The zero-order chi connectivity index (χ0) is 13.3. The Morgan fingerprint density at radius 1 is 1.28 bits per heavy atom. The van der Waals surface area contributed by atoms with Crippen LogP contribution in [0.1, 0.15) is 37.8 Å². The van der Waals surface area contributed by atoms with Crippen molar-refractivity contribution in [2.45, 2.75) is 52.7 Å². The lowest BCUT2D eigenvalue weighted by Gasteiger charge is -2.53. The lowest BCUT2D eigenvalue weighted by Crippen LogP contribution is -2.62. The lowest BCUT2D eigenvalue weighted by atomic mass is 9.61. The van der Waals surface area contributed by atoms with Gasteiger partial charge < -0.3 is 10.1 Å². The van der Waals surface area contributed by atoms with Crippen LogP contribution < -0.4 is 10.1 Å². The van der Waals surface area contributed by atoms with E-state index in [0.717, 1.165) is 18.6 Å². The maximum Gasteiger partial charge on any atom is 0.120 e. The van der Waals surface area contributed by atoms with E-state index in [9.17, 15) is 0 Å². The van der Waals surface area contributed by atoms with Gasteiger partial charge >= 0.3 is 0 Å². The molecule has 0 radical (unpaired) electrons. The van der Waals surface area contributed by atoms with Crippen LogP contribution in [0.3, 0.4) is 0 Å². The molecule has 1 N–H and O–H groups in total. The second-order valence-electron chi connectivity index (χ2n) is 5.87. The summed E-state index contributed by atoms with van der Waals surface area (Å²) in [5, 5.41) is 3.40. The highest BCUT2D eigenvalue weighted by Gasteiger charge is 2.51. The highest BCUT2D eigenvalue weighted by Crippen LogP contribution is 2.45. The second kappa shape index (κ2) is 4.93. The van der Waals surface area contributed by atoms with Crippen molar-refractivity contribution in [1.29, 1.82) is 0 Å². The van der Waals surface area contributed by atoms with Gasteiger partial charge in [-0.25, -0.2) is 0 Å². The summed E-state index contributed by atoms with van der Waals surface area (Å²) in [5.74, 6) is 1.02. The highest BCUT2D eigenvalue weighted by atomic mass is 16.5. The summed E-state index contributed by atoms with van der Waals surface area (Å²) < 4.78 is 6.21. The normalized spacial score (nSPS) is 30.9. The predicted molar refractivity (Wildman–Crippen MR) is 76.2 cm³/mol. The van der Waals surface area contributed by atoms with Crippen LogP contribution in [0.25, 0.3) is 0 Å². The minimum atomic E-state index is 0.256. The van der Waals surface area contributed by atoms with E-state index < -0.39 is 0 Å². The van der Waals surface area contributed by atoms with Crippen molar-refractivity contribution >= 4 is 0 Å². The van der Waals surface area contributed by atoms with Gasteiger partial charge in [-0.05, 0) is 50.6 Å². The van der Waals surface area contributed by atoms with Crippen molar-refractivity contribution in [1.82, 2.24) is 5.32 Å². The Kier molecular flexibility index (Phi) is 3.67. The molecule has 0 bridgehead atoms. The fourth-order valence-electron chi connectivity index (χ4n) is 3.09. The van der Waals surface area contributed by atoms with E-state index in [4.69, 9.17) is 4.74 Å². The summed E-state index contributed by atoms with van der Waals surface area (Å²) in [6.07, 6.45) is 2.59. The van der Waals surface area contributed by atoms with Crippen LogP contribution in [-0.4, -0.2) is 19.2 Å². The third-order valence-corrected chi connectivity index (χ3v) is 4.57. The molecule has 0 heterocycles. The molecular formula is C16H25NO. The first-order chi connectivity index (χ1) is 8.49. The van der Waals surface area contributed by atoms with Gasteiger partial charge in [0.15, 0.2) is 0 Å². The zero-order valence-electron chi connectivity index (χ0n) is 12.2. The van der Waals surface area contributed by atoms with Crippen molar-refractivity contribution in [2.24, 2.45) is 5.41 Å². The van der Waals surface area contributed by atoms with Gasteiger partial charge in [0, 0.05) is 17.9 Å². The Morgan fingerprint density at radius 3 is 2.39 bits per heavy atom. The van der Waals surface area contributed by atoms with E-state index >= 15 is 0 Å². The van der Waals surface area contributed by atoms with Crippen LogP contribution in [0.4, 0.5) is 0 Å². The van der Waals surface area contributed by atoms with E-state index in [0.29, 0.717) is 12.1 Å². The van der Waals surface area contributed by atoms with E-state index in [1.165, 1.54) is 11.1 Å². The van der Waals surface area contributed by atoms with Crippen LogP contribution in [0.2, 0.25) is 0 Å². The summed E-state index contributed by atoms with van der Waals surface area (Å²) in [4.78, 5) is 0. The zero-order valence-corrected chi connectivity index (χ0v) is 12.2. The molecule has 0 saturated heterocycles. The largest absolute Gasteiger partial charge is 0.490 e. The molecule has 1 aromatic carbocycles. The van der Waals surface area contributed by atoms with Crippen LogP contribution >= 0.6 is 0 Å². The third-order valence-electron chi connectivity index (χ3n) is 4.57. The number of hydrogen-bond acceptors (Lipinski definition) is 2. The number of benzene rings is 1. The van der Waals surface area contributed by atoms with Crippen LogP contribution in [0.5, 0.6) is 5.75 Å². The molecule has 100 valence electrons. The van der Waals surface area contributed by atoms with E-state index in [-0.39, 0.29) is 5.41 Å². The Morgan fingerprint density at radius 2 is 1.89 bits per heavy atom. The quantitative estimate of drug-likeness (QED) is 0.879. The third kappa shape index (κ3) is 2.26. The molecule has 0 aromatic heterocycles. The summed E-state index contributed by atoms with van der Waals surface area (Å²) in [7, 11) is 2.05. The Labute approximate surface area is 111 Å². The first-order valence-corrected chi connectivity index (χ1v) is 6.92. The maximum absolute atomic E-state index is 6.21. The fourth-order valence-corrected chi connectivity index (χ4v) is 3.09. The second-order valence-corrected chi connectivity index (χ2v) is 5.87. The van der Waals surface area contributed by atoms with Crippen LogP contribution in [0, 0.1) is 19.3 Å². The van der Waals surface area contributed by atoms with Gasteiger partial charge in [0.1, 0.15) is 11.9 Å². The van der Waals surface area contributed by atoms with Crippen molar-refractivity contribution in [3.05, 3.63) is 29.3 Å². The SMILES string of the molecule is CCC1(C)C(NC)CC1Oc1cc(C)cc(C)c1. The van der Waals surface area contributed by atoms with Gasteiger partial charge in [0.2, 0.25) is 0 Å². The number of hydrogen-bond donors (Lipinski definition) is 1. The van der Waals surface area contributed by atoms with Gasteiger partial charge in [-0.15, -0.1) is 0 Å². The molecule has 0 amide bonds. The number of ether oxygens (including phenoxy) is 1. The van der Waals surface area contributed by atoms with E-state index in [1.54, 1.807) is 0 Å². The molecule has 1 aliphatic carbocycles. The van der Waals surface area contributed by atoms with E-state index in [1.807, 2.05) is 7.05 Å². The molecule has 0 aliphatic heterocycles. The summed E-state index contributed by atoms with van der Waals surface area (Å²) in [5.41, 5.74) is 2.80. The number of nitrogens with one attached hydrogen (secondary N) is 1. The molecule has 18 heavy (non-hydrogen) atoms. The Bertz CT molecular complexity index is 409. The predicted octanol–water partition coefficient (Wildman–Crippen LogP) is 3.46. The van der Waals surface area contributed by atoms with Crippen molar-refractivity contribution < 1.29 is 4.74 Å². The number of aryl methyl sites for hydroxylation is 2. The van der Waals surface area contributed by atoms with Crippen molar-refractivity contribution in [2.75, 3.05) is 7.05 Å². The van der Waals surface area contributed by atoms with Gasteiger partial charge in [-0.1, -0.05) is 19.9 Å². The smallest absolute Gasteiger partial charge is 0.120 e. The molecule has 1 fully saturated rings. The lowest BCUT2D eigenvalue weighted by molar-refractivity contribution is -0.0677. The van der Waals surface area contributed by atoms with Gasteiger partial charge in [-0.2, -0.15) is 0 Å². The summed E-state index contributed by atoms with van der Waals surface area (Å²) >= 11 is 0. The fraction of sp³-hybridized carbons (Fsp3) is 0.625.